The van der Waals surface area contributed by atoms with Gasteiger partial charge in [-0.25, -0.2) is 9.97 Å². The second kappa shape index (κ2) is 4.73. The molecule has 1 rings (SSSR count). The Bertz CT molecular complexity index is 285. The number of aromatic nitrogens is 2. The first kappa shape index (κ1) is 12.2. The lowest BCUT2D eigenvalue weighted by Crippen LogP contribution is -2.28. The smallest absolute Gasteiger partial charge is 0.128 e. The van der Waals surface area contributed by atoms with Crippen LogP contribution in [-0.4, -0.2) is 9.97 Å². The lowest BCUT2D eigenvalue weighted by molar-refractivity contribution is 0.174. The fourth-order valence-corrected chi connectivity index (χ4v) is 2.17. The third-order valence-corrected chi connectivity index (χ3v) is 2.94. The molecule has 0 aromatic carbocycles. The van der Waals surface area contributed by atoms with Gasteiger partial charge in [0.25, 0.3) is 0 Å². The van der Waals surface area contributed by atoms with Gasteiger partial charge in [0.05, 0.1) is 0 Å². The van der Waals surface area contributed by atoms with Crippen molar-refractivity contribution in [3.05, 3.63) is 24.3 Å². The average Bonchev–Trinajstić information content (AvgIpc) is 2.13. The fourth-order valence-electron chi connectivity index (χ4n) is 2.17. The van der Waals surface area contributed by atoms with Gasteiger partial charge in [0, 0.05) is 18.8 Å². The molecular formula is C13H22N2. The molecule has 0 spiro atoms. The molecule has 0 radical (unpaired) electrons. The van der Waals surface area contributed by atoms with Crippen molar-refractivity contribution in [2.75, 3.05) is 0 Å². The summed E-state index contributed by atoms with van der Waals surface area (Å²) in [6, 6.07) is 1.87. The van der Waals surface area contributed by atoms with Gasteiger partial charge in [-0.2, -0.15) is 0 Å². The first-order valence-corrected chi connectivity index (χ1v) is 5.67. The van der Waals surface area contributed by atoms with E-state index in [1.54, 1.807) is 0 Å². The molecule has 15 heavy (non-hydrogen) atoms. The van der Waals surface area contributed by atoms with E-state index in [1.807, 2.05) is 18.5 Å². The molecule has 84 valence electrons. The first-order chi connectivity index (χ1) is 6.91. The summed E-state index contributed by atoms with van der Waals surface area (Å²) in [6.45, 7) is 11.4. The van der Waals surface area contributed by atoms with E-state index in [2.05, 4.69) is 44.6 Å². The number of hydrogen-bond donors (Lipinski definition) is 0. The zero-order valence-electron chi connectivity index (χ0n) is 10.5. The van der Waals surface area contributed by atoms with Crippen LogP contribution in [0.1, 0.15) is 40.4 Å². The van der Waals surface area contributed by atoms with Crippen LogP contribution in [0.3, 0.4) is 0 Å². The zero-order chi connectivity index (χ0) is 11.5. The number of rotatable bonds is 3. The molecule has 0 fully saturated rings. The van der Waals surface area contributed by atoms with Gasteiger partial charge in [-0.05, 0) is 23.3 Å². The summed E-state index contributed by atoms with van der Waals surface area (Å²) in [5.74, 6) is 2.25. The monoisotopic (exact) mass is 206 g/mol. The molecular weight excluding hydrogens is 184 g/mol. The Labute approximate surface area is 93.2 Å². The van der Waals surface area contributed by atoms with E-state index >= 15 is 0 Å². The van der Waals surface area contributed by atoms with Gasteiger partial charge < -0.3 is 0 Å². The molecule has 0 amide bonds. The van der Waals surface area contributed by atoms with Crippen LogP contribution in [0, 0.1) is 17.3 Å². The number of nitrogens with zero attached hydrogens (tertiary/aromatic N) is 2. The lowest BCUT2D eigenvalue weighted by atomic mass is 9.72. The summed E-state index contributed by atoms with van der Waals surface area (Å²) in [6.07, 6.45) is 4.62. The van der Waals surface area contributed by atoms with Crippen molar-refractivity contribution < 1.29 is 0 Å². The van der Waals surface area contributed by atoms with Crippen LogP contribution in [0.5, 0.6) is 0 Å². The highest BCUT2D eigenvalue weighted by Crippen LogP contribution is 2.33. The summed E-state index contributed by atoms with van der Waals surface area (Å²) >= 11 is 0. The minimum Gasteiger partial charge on any atom is -0.241 e. The number of hydrogen-bond acceptors (Lipinski definition) is 2. The predicted octanol–water partition coefficient (Wildman–Crippen LogP) is 3.34. The standard InChI is InChI=1S/C13H22N2/c1-10(2)11(13(3,4)5)9-12-14-7-6-8-15-12/h6-8,10-11H,9H2,1-5H3/t11-/m0/s1. The highest BCUT2D eigenvalue weighted by Gasteiger charge is 2.28. The molecule has 0 saturated heterocycles. The maximum absolute atomic E-state index is 4.30. The van der Waals surface area contributed by atoms with Gasteiger partial charge >= 0.3 is 0 Å². The molecule has 0 saturated carbocycles. The Morgan fingerprint density at radius 3 is 2.07 bits per heavy atom. The largest absolute Gasteiger partial charge is 0.241 e. The van der Waals surface area contributed by atoms with E-state index in [-0.39, 0.29) is 0 Å². The van der Waals surface area contributed by atoms with Crippen molar-refractivity contribution in [2.24, 2.45) is 17.3 Å². The molecule has 1 aromatic heterocycles. The Morgan fingerprint density at radius 2 is 1.67 bits per heavy atom. The molecule has 0 aliphatic rings. The molecule has 1 heterocycles. The quantitative estimate of drug-likeness (QED) is 0.758. The summed E-state index contributed by atoms with van der Waals surface area (Å²) in [7, 11) is 0. The maximum Gasteiger partial charge on any atom is 0.128 e. The third-order valence-electron chi connectivity index (χ3n) is 2.94. The second-order valence-corrected chi connectivity index (χ2v) is 5.59. The molecule has 2 nitrogen and oxygen atoms in total. The van der Waals surface area contributed by atoms with Crippen LogP contribution in [0.25, 0.3) is 0 Å². The first-order valence-electron chi connectivity index (χ1n) is 5.67. The van der Waals surface area contributed by atoms with Crippen molar-refractivity contribution in [2.45, 2.75) is 41.0 Å². The van der Waals surface area contributed by atoms with E-state index in [0.29, 0.717) is 17.3 Å². The van der Waals surface area contributed by atoms with Crippen LogP contribution < -0.4 is 0 Å². The lowest BCUT2D eigenvalue weighted by Gasteiger charge is -2.33. The minimum absolute atomic E-state index is 0.313. The van der Waals surface area contributed by atoms with Crippen molar-refractivity contribution in [3.63, 3.8) is 0 Å². The van der Waals surface area contributed by atoms with Crippen LogP contribution in [0.4, 0.5) is 0 Å². The third kappa shape index (κ3) is 3.61. The second-order valence-electron chi connectivity index (χ2n) is 5.59. The SMILES string of the molecule is CC(C)[C@H](Cc1ncccn1)C(C)(C)C. The summed E-state index contributed by atoms with van der Waals surface area (Å²) in [5.41, 5.74) is 0.313. The van der Waals surface area contributed by atoms with Crippen LogP contribution in [0.2, 0.25) is 0 Å². The van der Waals surface area contributed by atoms with Crippen molar-refractivity contribution in [3.8, 4) is 0 Å². The Balaban J connectivity index is 2.77. The van der Waals surface area contributed by atoms with Gasteiger partial charge in [0.2, 0.25) is 0 Å². The molecule has 0 unspecified atom stereocenters. The van der Waals surface area contributed by atoms with Crippen molar-refractivity contribution in [1.82, 2.24) is 9.97 Å². The highest BCUT2D eigenvalue weighted by molar-refractivity contribution is 4.93. The van der Waals surface area contributed by atoms with E-state index in [4.69, 9.17) is 0 Å². The van der Waals surface area contributed by atoms with E-state index < -0.39 is 0 Å². The highest BCUT2D eigenvalue weighted by atomic mass is 14.8. The Kier molecular flexibility index (Phi) is 3.83. The Morgan fingerprint density at radius 1 is 1.13 bits per heavy atom. The summed E-state index contributed by atoms with van der Waals surface area (Å²) < 4.78 is 0. The van der Waals surface area contributed by atoms with E-state index in [9.17, 15) is 0 Å². The topological polar surface area (TPSA) is 25.8 Å². The molecule has 0 aliphatic carbocycles. The normalized spacial score (nSPS) is 14.3. The molecule has 1 aromatic rings. The van der Waals surface area contributed by atoms with E-state index in [1.165, 1.54) is 0 Å². The van der Waals surface area contributed by atoms with Crippen LogP contribution in [0.15, 0.2) is 18.5 Å². The minimum atomic E-state index is 0.313. The summed E-state index contributed by atoms with van der Waals surface area (Å²) in [5, 5.41) is 0. The van der Waals surface area contributed by atoms with E-state index in [0.717, 1.165) is 12.2 Å². The van der Waals surface area contributed by atoms with Crippen LogP contribution >= 0.6 is 0 Å². The van der Waals surface area contributed by atoms with Crippen LogP contribution in [-0.2, 0) is 6.42 Å². The van der Waals surface area contributed by atoms with Gasteiger partial charge in [-0.15, -0.1) is 0 Å². The molecule has 0 N–H and O–H groups in total. The van der Waals surface area contributed by atoms with Crippen molar-refractivity contribution >= 4 is 0 Å². The summed E-state index contributed by atoms with van der Waals surface area (Å²) in [4.78, 5) is 8.61. The van der Waals surface area contributed by atoms with Gasteiger partial charge in [0.15, 0.2) is 0 Å². The molecule has 0 bridgehead atoms. The predicted molar refractivity (Wildman–Crippen MR) is 63.5 cm³/mol. The average molecular weight is 206 g/mol. The van der Waals surface area contributed by atoms with Crippen molar-refractivity contribution in [1.29, 1.82) is 0 Å². The fraction of sp³-hybridized carbons (Fsp3) is 0.692. The molecule has 1 atom stereocenters. The van der Waals surface area contributed by atoms with Gasteiger partial charge in [0.1, 0.15) is 5.82 Å². The van der Waals surface area contributed by atoms with Gasteiger partial charge in [-0.3, -0.25) is 0 Å². The molecule has 0 aliphatic heterocycles. The van der Waals surface area contributed by atoms with Gasteiger partial charge in [-0.1, -0.05) is 34.6 Å². The Hall–Kier alpha value is -0.920. The zero-order valence-corrected chi connectivity index (χ0v) is 10.5. The molecule has 2 heteroatoms. The maximum atomic E-state index is 4.30.